The first kappa shape index (κ1) is 13.6. The second-order valence-corrected chi connectivity index (χ2v) is 8.11. The number of sulfone groups is 1. The van der Waals surface area contributed by atoms with Crippen LogP contribution in [0.2, 0.25) is 0 Å². The first-order chi connectivity index (χ1) is 7.30. The van der Waals surface area contributed by atoms with Crippen LogP contribution in [0.4, 0.5) is 0 Å². The minimum Gasteiger partial charge on any atom is -0.224 e. The standard InChI is InChI=1S/C12H18O2S2/c1-9(2)15-10(3)11-5-7-12(8-6-11)16(4,13)14/h5-10H,1-4H3/t10-/m0/s1. The maximum absolute atomic E-state index is 11.3. The lowest BCUT2D eigenvalue weighted by Crippen LogP contribution is -1.99. The second-order valence-electron chi connectivity index (χ2n) is 4.17. The van der Waals surface area contributed by atoms with Crippen LogP contribution in [0.3, 0.4) is 0 Å². The normalized spacial score (nSPS) is 14.1. The number of hydrogen-bond acceptors (Lipinski definition) is 3. The molecule has 0 bridgehead atoms. The summed E-state index contributed by atoms with van der Waals surface area (Å²) in [4.78, 5) is 0.387. The van der Waals surface area contributed by atoms with Crippen molar-refractivity contribution in [1.82, 2.24) is 0 Å². The van der Waals surface area contributed by atoms with Gasteiger partial charge in [-0.05, 0) is 29.9 Å². The zero-order chi connectivity index (χ0) is 12.3. The molecule has 1 aromatic carbocycles. The van der Waals surface area contributed by atoms with Gasteiger partial charge in [0.1, 0.15) is 0 Å². The van der Waals surface area contributed by atoms with Crippen LogP contribution >= 0.6 is 11.8 Å². The summed E-state index contributed by atoms with van der Waals surface area (Å²) in [5.74, 6) is 0. The summed E-state index contributed by atoms with van der Waals surface area (Å²) < 4.78 is 22.6. The number of thioether (sulfide) groups is 1. The highest BCUT2D eigenvalue weighted by molar-refractivity contribution is 8.00. The third-order valence-electron chi connectivity index (χ3n) is 2.25. The van der Waals surface area contributed by atoms with Gasteiger partial charge in [0.25, 0.3) is 0 Å². The molecule has 1 aromatic rings. The predicted molar refractivity (Wildman–Crippen MR) is 70.7 cm³/mol. The highest BCUT2D eigenvalue weighted by Crippen LogP contribution is 2.31. The molecule has 0 aromatic heterocycles. The molecule has 0 aliphatic rings. The summed E-state index contributed by atoms with van der Waals surface area (Å²) in [7, 11) is -3.08. The Balaban J connectivity index is 2.87. The lowest BCUT2D eigenvalue weighted by atomic mass is 10.2. The number of rotatable bonds is 4. The zero-order valence-corrected chi connectivity index (χ0v) is 11.7. The minimum absolute atomic E-state index is 0.387. The lowest BCUT2D eigenvalue weighted by Gasteiger charge is -2.14. The number of benzene rings is 1. The molecule has 0 spiro atoms. The predicted octanol–water partition coefficient (Wildman–Crippen LogP) is 3.29. The van der Waals surface area contributed by atoms with Crippen LogP contribution in [0.5, 0.6) is 0 Å². The smallest absolute Gasteiger partial charge is 0.175 e. The van der Waals surface area contributed by atoms with E-state index in [0.29, 0.717) is 15.4 Å². The van der Waals surface area contributed by atoms with Crippen molar-refractivity contribution in [2.75, 3.05) is 6.26 Å². The highest BCUT2D eigenvalue weighted by atomic mass is 32.2. The Morgan fingerprint density at radius 1 is 1.06 bits per heavy atom. The molecule has 0 heterocycles. The molecule has 0 saturated heterocycles. The van der Waals surface area contributed by atoms with Crippen LogP contribution in [0.1, 0.15) is 31.6 Å². The summed E-state index contributed by atoms with van der Waals surface area (Å²) >= 11 is 1.87. The largest absolute Gasteiger partial charge is 0.224 e. The van der Waals surface area contributed by atoms with E-state index in [0.717, 1.165) is 0 Å². The third-order valence-corrected chi connectivity index (χ3v) is 4.61. The minimum atomic E-state index is -3.08. The van der Waals surface area contributed by atoms with Gasteiger partial charge >= 0.3 is 0 Å². The maximum Gasteiger partial charge on any atom is 0.175 e. The molecule has 4 heteroatoms. The molecule has 1 rings (SSSR count). The van der Waals surface area contributed by atoms with Gasteiger partial charge in [0, 0.05) is 11.5 Å². The summed E-state index contributed by atoms with van der Waals surface area (Å²) in [6.07, 6.45) is 1.23. The van der Waals surface area contributed by atoms with Crippen molar-refractivity contribution in [2.24, 2.45) is 0 Å². The van der Waals surface area contributed by atoms with Crippen LogP contribution in [0.25, 0.3) is 0 Å². The van der Waals surface area contributed by atoms with E-state index in [9.17, 15) is 8.42 Å². The van der Waals surface area contributed by atoms with Crippen molar-refractivity contribution in [3.63, 3.8) is 0 Å². The quantitative estimate of drug-likeness (QED) is 0.831. The topological polar surface area (TPSA) is 34.1 Å². The van der Waals surface area contributed by atoms with E-state index in [1.807, 2.05) is 23.9 Å². The van der Waals surface area contributed by atoms with Gasteiger partial charge in [0.05, 0.1) is 4.90 Å². The maximum atomic E-state index is 11.3. The van der Waals surface area contributed by atoms with Crippen molar-refractivity contribution in [1.29, 1.82) is 0 Å². The molecule has 90 valence electrons. The first-order valence-corrected chi connectivity index (χ1v) is 8.09. The monoisotopic (exact) mass is 258 g/mol. The van der Waals surface area contributed by atoms with Crippen molar-refractivity contribution in [3.05, 3.63) is 29.8 Å². The lowest BCUT2D eigenvalue weighted by molar-refractivity contribution is 0.602. The molecule has 0 aliphatic carbocycles. The highest BCUT2D eigenvalue weighted by Gasteiger charge is 2.10. The van der Waals surface area contributed by atoms with E-state index in [4.69, 9.17) is 0 Å². The Bertz CT molecular complexity index is 433. The van der Waals surface area contributed by atoms with Crippen LogP contribution in [-0.4, -0.2) is 19.9 Å². The van der Waals surface area contributed by atoms with Crippen LogP contribution in [0, 0.1) is 0 Å². The summed E-state index contributed by atoms with van der Waals surface area (Å²) in [5.41, 5.74) is 1.17. The van der Waals surface area contributed by atoms with Gasteiger partial charge in [0.15, 0.2) is 9.84 Å². The van der Waals surface area contributed by atoms with Gasteiger partial charge in [-0.1, -0.05) is 26.0 Å². The van der Waals surface area contributed by atoms with E-state index < -0.39 is 9.84 Å². The fourth-order valence-corrected chi connectivity index (χ4v) is 3.23. The van der Waals surface area contributed by atoms with Gasteiger partial charge in [-0.25, -0.2) is 8.42 Å². The molecule has 0 aliphatic heterocycles. The molecule has 1 atom stereocenters. The van der Waals surface area contributed by atoms with Crippen LogP contribution in [-0.2, 0) is 9.84 Å². The van der Waals surface area contributed by atoms with Crippen molar-refractivity contribution in [3.8, 4) is 0 Å². The first-order valence-electron chi connectivity index (χ1n) is 5.26. The fourth-order valence-electron chi connectivity index (χ4n) is 1.47. The van der Waals surface area contributed by atoms with Crippen molar-refractivity contribution >= 4 is 21.6 Å². The van der Waals surface area contributed by atoms with Crippen molar-refractivity contribution in [2.45, 2.75) is 36.2 Å². The van der Waals surface area contributed by atoms with E-state index in [1.165, 1.54) is 11.8 Å². The van der Waals surface area contributed by atoms with Crippen LogP contribution < -0.4 is 0 Å². The van der Waals surface area contributed by atoms with Crippen LogP contribution in [0.15, 0.2) is 29.2 Å². The number of hydrogen-bond donors (Lipinski definition) is 0. The molecule has 0 fully saturated rings. The van der Waals surface area contributed by atoms with Gasteiger partial charge in [-0.3, -0.25) is 0 Å². The molecule has 0 unspecified atom stereocenters. The Morgan fingerprint density at radius 2 is 1.56 bits per heavy atom. The summed E-state index contributed by atoms with van der Waals surface area (Å²) in [5, 5.41) is 0.971. The molecular weight excluding hydrogens is 240 g/mol. The molecular formula is C12H18O2S2. The van der Waals surface area contributed by atoms with Gasteiger partial charge in [-0.15, -0.1) is 0 Å². The SMILES string of the molecule is CC(C)S[C@@H](C)c1ccc(S(C)(=O)=O)cc1. The molecule has 0 saturated carbocycles. The van der Waals surface area contributed by atoms with Crippen molar-refractivity contribution < 1.29 is 8.42 Å². The zero-order valence-electron chi connectivity index (χ0n) is 10.1. The second kappa shape index (κ2) is 5.23. The summed E-state index contributed by atoms with van der Waals surface area (Å²) in [6.45, 7) is 6.46. The fraction of sp³-hybridized carbons (Fsp3) is 0.500. The molecule has 0 radical (unpaired) electrons. The van der Waals surface area contributed by atoms with Gasteiger partial charge < -0.3 is 0 Å². The van der Waals surface area contributed by atoms with E-state index in [2.05, 4.69) is 20.8 Å². The molecule has 0 N–H and O–H groups in total. The van der Waals surface area contributed by atoms with E-state index >= 15 is 0 Å². The Hall–Kier alpha value is -0.480. The van der Waals surface area contributed by atoms with Gasteiger partial charge in [-0.2, -0.15) is 11.8 Å². The Morgan fingerprint density at radius 3 is 1.94 bits per heavy atom. The summed E-state index contributed by atoms with van der Waals surface area (Å²) in [6, 6.07) is 7.16. The molecule has 2 nitrogen and oxygen atoms in total. The third kappa shape index (κ3) is 3.83. The van der Waals surface area contributed by atoms with Gasteiger partial charge in [0.2, 0.25) is 0 Å². The molecule has 0 amide bonds. The van der Waals surface area contributed by atoms with E-state index in [1.54, 1.807) is 12.1 Å². The average molecular weight is 258 g/mol. The Kier molecular flexibility index (Phi) is 4.44. The molecule has 16 heavy (non-hydrogen) atoms. The Labute approximate surface area is 102 Å². The van der Waals surface area contributed by atoms with E-state index in [-0.39, 0.29) is 0 Å². The average Bonchev–Trinajstić information content (AvgIpc) is 2.15.